The van der Waals surface area contributed by atoms with E-state index in [9.17, 15) is 19.8 Å². The average molecular weight is 304 g/mol. The van der Waals surface area contributed by atoms with Gasteiger partial charge in [-0.1, -0.05) is 0 Å². The summed E-state index contributed by atoms with van der Waals surface area (Å²) in [5.41, 5.74) is 0.894. The Bertz CT molecular complexity index is 683. The third-order valence-corrected chi connectivity index (χ3v) is 3.73. The van der Waals surface area contributed by atoms with E-state index in [1.807, 2.05) is 14.1 Å². The van der Waals surface area contributed by atoms with Crippen molar-refractivity contribution in [3.8, 4) is 5.75 Å². The molecule has 0 aromatic heterocycles. The molecule has 0 spiro atoms. The van der Waals surface area contributed by atoms with Crippen molar-refractivity contribution in [2.45, 2.75) is 18.3 Å². The van der Waals surface area contributed by atoms with E-state index in [1.165, 1.54) is 18.2 Å². The zero-order chi connectivity index (χ0) is 16.0. The molecule has 1 aromatic rings. The van der Waals surface area contributed by atoms with Gasteiger partial charge in [0.05, 0.1) is 11.3 Å². The van der Waals surface area contributed by atoms with Gasteiger partial charge in [0.2, 0.25) is 0 Å². The maximum atomic E-state index is 12.2. The van der Waals surface area contributed by atoms with Crippen molar-refractivity contribution in [1.29, 1.82) is 0 Å². The highest BCUT2D eigenvalue weighted by atomic mass is 16.6. The Hall–Kier alpha value is -2.38. The van der Waals surface area contributed by atoms with E-state index in [0.717, 1.165) is 5.69 Å². The number of aromatic hydroxyl groups is 1. The molecule has 1 fully saturated rings. The van der Waals surface area contributed by atoms with Crippen molar-refractivity contribution < 1.29 is 24.5 Å². The molecule has 1 saturated heterocycles. The number of carbonyl (C=O) groups is 2. The SMILES string of the molecule is CN(C)c1ccc(C(=O)NC2=CC(=O)C3OC3C2O)c(O)c1. The molecule has 2 aliphatic rings. The topological polar surface area (TPSA) is 102 Å². The van der Waals surface area contributed by atoms with Gasteiger partial charge >= 0.3 is 0 Å². The summed E-state index contributed by atoms with van der Waals surface area (Å²) in [6, 6.07) is 4.63. The number of amides is 1. The molecule has 3 atom stereocenters. The lowest BCUT2D eigenvalue weighted by molar-refractivity contribution is -0.116. The molecule has 116 valence electrons. The Kier molecular flexibility index (Phi) is 3.38. The minimum absolute atomic E-state index is 0.0602. The van der Waals surface area contributed by atoms with Gasteiger partial charge < -0.3 is 25.2 Å². The normalized spacial score (nSPS) is 26.0. The lowest BCUT2D eigenvalue weighted by Gasteiger charge is -2.18. The number of fused-ring (bicyclic) bond motifs is 1. The minimum atomic E-state index is -1.05. The summed E-state index contributed by atoms with van der Waals surface area (Å²) in [4.78, 5) is 25.6. The average Bonchev–Trinajstić information content (AvgIpc) is 3.25. The minimum Gasteiger partial charge on any atom is -0.507 e. The molecule has 1 aromatic carbocycles. The molecule has 1 aliphatic heterocycles. The van der Waals surface area contributed by atoms with Crippen LogP contribution >= 0.6 is 0 Å². The van der Waals surface area contributed by atoms with Gasteiger partial charge in [0.25, 0.3) is 5.91 Å². The number of hydrogen-bond acceptors (Lipinski definition) is 6. The molecule has 0 saturated carbocycles. The molecule has 1 aliphatic carbocycles. The number of aliphatic hydroxyl groups excluding tert-OH is 1. The summed E-state index contributed by atoms with van der Waals surface area (Å²) in [6.07, 6.45) is -1.06. The fourth-order valence-electron chi connectivity index (χ4n) is 2.39. The number of nitrogens with zero attached hydrogens (tertiary/aromatic N) is 1. The van der Waals surface area contributed by atoms with E-state index in [1.54, 1.807) is 11.0 Å². The van der Waals surface area contributed by atoms with Gasteiger partial charge in [0, 0.05) is 31.9 Å². The van der Waals surface area contributed by atoms with E-state index in [2.05, 4.69) is 5.32 Å². The first-order valence-corrected chi connectivity index (χ1v) is 6.79. The van der Waals surface area contributed by atoms with Crippen LogP contribution in [0.2, 0.25) is 0 Å². The number of rotatable bonds is 3. The van der Waals surface area contributed by atoms with Crippen LogP contribution in [-0.2, 0) is 9.53 Å². The largest absolute Gasteiger partial charge is 0.507 e. The number of benzene rings is 1. The molecule has 3 N–H and O–H groups in total. The van der Waals surface area contributed by atoms with Crippen LogP contribution in [0.4, 0.5) is 5.69 Å². The number of carbonyl (C=O) groups excluding carboxylic acids is 2. The summed E-state index contributed by atoms with van der Waals surface area (Å²) < 4.78 is 5.03. The van der Waals surface area contributed by atoms with Gasteiger partial charge in [-0.05, 0) is 12.1 Å². The first-order chi connectivity index (χ1) is 10.4. The number of aliphatic hydroxyl groups is 1. The third-order valence-electron chi connectivity index (χ3n) is 3.73. The van der Waals surface area contributed by atoms with E-state index >= 15 is 0 Å². The molecule has 3 rings (SSSR count). The van der Waals surface area contributed by atoms with Crippen LogP contribution in [-0.4, -0.2) is 54.3 Å². The highest BCUT2D eigenvalue weighted by Gasteiger charge is 2.53. The van der Waals surface area contributed by atoms with Gasteiger partial charge in [-0.2, -0.15) is 0 Å². The van der Waals surface area contributed by atoms with Crippen molar-refractivity contribution in [3.63, 3.8) is 0 Å². The second kappa shape index (κ2) is 5.11. The Labute approximate surface area is 126 Å². The van der Waals surface area contributed by atoms with E-state index in [4.69, 9.17) is 4.74 Å². The summed E-state index contributed by atoms with van der Waals surface area (Å²) >= 11 is 0. The highest BCUT2D eigenvalue weighted by molar-refractivity contribution is 6.02. The summed E-state index contributed by atoms with van der Waals surface area (Å²) in [5.74, 6) is -1.06. The van der Waals surface area contributed by atoms with Crippen LogP contribution in [0.5, 0.6) is 5.75 Å². The van der Waals surface area contributed by atoms with E-state index in [0.29, 0.717) is 0 Å². The van der Waals surface area contributed by atoms with Crippen molar-refractivity contribution in [2.75, 3.05) is 19.0 Å². The maximum absolute atomic E-state index is 12.2. The standard InChI is InChI=1S/C15H16N2O5/c1-17(2)7-3-4-8(10(18)5-7)15(21)16-9-6-11(19)13-14(22-13)12(9)20/h3-6,12-14,18,20H,1-2H3,(H,16,21). The number of phenolic OH excluding ortho intramolecular Hbond substituents is 1. The number of ether oxygens (including phenoxy) is 1. The fraction of sp³-hybridized carbons (Fsp3) is 0.333. The van der Waals surface area contributed by atoms with Gasteiger partial charge in [-0.15, -0.1) is 0 Å². The molecule has 7 nitrogen and oxygen atoms in total. The monoisotopic (exact) mass is 304 g/mol. The quantitative estimate of drug-likeness (QED) is 0.667. The molecular formula is C15H16N2O5. The number of epoxide rings is 1. The van der Waals surface area contributed by atoms with Crippen LogP contribution in [0, 0.1) is 0 Å². The fourth-order valence-corrected chi connectivity index (χ4v) is 2.39. The third kappa shape index (κ3) is 2.44. The number of anilines is 1. The number of ketones is 1. The summed E-state index contributed by atoms with van der Waals surface area (Å²) in [5, 5.41) is 22.4. The second-order valence-electron chi connectivity index (χ2n) is 5.52. The lowest BCUT2D eigenvalue weighted by Crippen LogP contribution is -2.37. The predicted octanol–water partition coefficient (Wildman–Crippen LogP) is -0.217. The molecule has 0 radical (unpaired) electrons. The van der Waals surface area contributed by atoms with Gasteiger partial charge in [0.1, 0.15) is 24.1 Å². The summed E-state index contributed by atoms with van der Waals surface area (Å²) in [7, 11) is 3.63. The lowest BCUT2D eigenvalue weighted by atomic mass is 10.0. The van der Waals surface area contributed by atoms with Crippen molar-refractivity contribution in [3.05, 3.63) is 35.5 Å². The molecule has 0 bridgehead atoms. The smallest absolute Gasteiger partial charge is 0.259 e. The predicted molar refractivity (Wildman–Crippen MR) is 77.7 cm³/mol. The molecular weight excluding hydrogens is 288 g/mol. The van der Waals surface area contributed by atoms with Gasteiger partial charge in [-0.3, -0.25) is 9.59 Å². The van der Waals surface area contributed by atoms with Crippen molar-refractivity contribution in [1.82, 2.24) is 5.32 Å². The van der Waals surface area contributed by atoms with Gasteiger partial charge in [0.15, 0.2) is 5.78 Å². The highest BCUT2D eigenvalue weighted by Crippen LogP contribution is 2.33. The summed E-state index contributed by atoms with van der Waals surface area (Å²) in [6.45, 7) is 0. The zero-order valence-corrected chi connectivity index (χ0v) is 12.1. The number of phenols is 1. The number of hydrogen-bond donors (Lipinski definition) is 3. The van der Waals surface area contributed by atoms with E-state index in [-0.39, 0.29) is 22.8 Å². The molecule has 1 heterocycles. The van der Waals surface area contributed by atoms with Crippen LogP contribution in [0.3, 0.4) is 0 Å². The first kappa shape index (κ1) is 14.6. The van der Waals surface area contributed by atoms with Crippen LogP contribution < -0.4 is 10.2 Å². The number of nitrogens with one attached hydrogen (secondary N) is 1. The zero-order valence-electron chi connectivity index (χ0n) is 12.1. The Morgan fingerprint density at radius 1 is 1.36 bits per heavy atom. The maximum Gasteiger partial charge on any atom is 0.259 e. The molecule has 7 heteroatoms. The second-order valence-corrected chi connectivity index (χ2v) is 5.52. The van der Waals surface area contributed by atoms with Crippen LogP contribution in [0.15, 0.2) is 30.0 Å². The first-order valence-electron chi connectivity index (χ1n) is 6.79. The Morgan fingerprint density at radius 2 is 2.09 bits per heavy atom. The Morgan fingerprint density at radius 3 is 2.73 bits per heavy atom. The van der Waals surface area contributed by atoms with Gasteiger partial charge in [-0.25, -0.2) is 0 Å². The molecule has 3 unspecified atom stereocenters. The van der Waals surface area contributed by atoms with E-state index < -0.39 is 24.2 Å². The molecule has 1 amide bonds. The Balaban J connectivity index is 1.79. The van der Waals surface area contributed by atoms with Crippen molar-refractivity contribution in [2.24, 2.45) is 0 Å². The molecule has 22 heavy (non-hydrogen) atoms. The van der Waals surface area contributed by atoms with Crippen LogP contribution in [0.1, 0.15) is 10.4 Å². The van der Waals surface area contributed by atoms with Crippen molar-refractivity contribution >= 4 is 17.4 Å². The van der Waals surface area contributed by atoms with Crippen LogP contribution in [0.25, 0.3) is 0 Å².